The molecule has 0 radical (unpaired) electrons. The quantitative estimate of drug-likeness (QED) is 0.898. The molecule has 0 spiro atoms. The highest BCUT2D eigenvalue weighted by molar-refractivity contribution is 5.79. The number of amides is 1. The van der Waals surface area contributed by atoms with Crippen LogP contribution >= 0.6 is 0 Å². The van der Waals surface area contributed by atoms with Crippen LogP contribution in [0.25, 0.3) is 0 Å². The van der Waals surface area contributed by atoms with Crippen LogP contribution in [-0.2, 0) is 18.3 Å². The van der Waals surface area contributed by atoms with Crippen molar-refractivity contribution in [3.63, 3.8) is 0 Å². The van der Waals surface area contributed by atoms with Gasteiger partial charge in [0, 0.05) is 44.3 Å². The first kappa shape index (κ1) is 15.0. The molecule has 1 aliphatic rings. The third-order valence-electron chi connectivity index (χ3n) is 4.38. The van der Waals surface area contributed by atoms with Crippen LogP contribution in [0.4, 0.5) is 0 Å². The van der Waals surface area contributed by atoms with E-state index in [0.717, 1.165) is 37.4 Å². The minimum atomic E-state index is 0.0112. The molecule has 0 saturated carbocycles. The van der Waals surface area contributed by atoms with Crippen LogP contribution in [0.2, 0.25) is 0 Å². The topological polar surface area (TPSA) is 50.2 Å². The third-order valence-corrected chi connectivity index (χ3v) is 4.38. The van der Waals surface area contributed by atoms with Gasteiger partial charge < -0.3 is 10.2 Å². The van der Waals surface area contributed by atoms with E-state index in [9.17, 15) is 4.79 Å². The summed E-state index contributed by atoms with van der Waals surface area (Å²) in [7, 11) is 1.96. The number of piperazine rings is 1. The molecule has 1 fully saturated rings. The highest BCUT2D eigenvalue weighted by atomic mass is 16.2. The summed E-state index contributed by atoms with van der Waals surface area (Å²) in [6, 6.07) is 0.287. The van der Waals surface area contributed by atoms with Crippen molar-refractivity contribution in [2.75, 3.05) is 19.6 Å². The summed E-state index contributed by atoms with van der Waals surface area (Å²) < 4.78 is 1.90. The Morgan fingerprint density at radius 2 is 2.20 bits per heavy atom. The first-order valence-electron chi connectivity index (χ1n) is 7.42. The Morgan fingerprint density at radius 1 is 1.50 bits per heavy atom. The van der Waals surface area contributed by atoms with E-state index in [-0.39, 0.29) is 17.9 Å². The number of aromatic nitrogens is 2. The van der Waals surface area contributed by atoms with Gasteiger partial charge in [-0.2, -0.15) is 5.10 Å². The number of rotatable bonds is 3. The fourth-order valence-electron chi connectivity index (χ4n) is 2.96. The van der Waals surface area contributed by atoms with E-state index in [1.165, 1.54) is 5.56 Å². The summed E-state index contributed by atoms with van der Waals surface area (Å²) in [5, 5.41) is 7.75. The molecule has 0 bridgehead atoms. The smallest absolute Gasteiger partial charge is 0.226 e. The number of nitrogens with one attached hydrogen (secondary N) is 1. The van der Waals surface area contributed by atoms with E-state index >= 15 is 0 Å². The molecular weight excluding hydrogens is 252 g/mol. The van der Waals surface area contributed by atoms with Gasteiger partial charge in [0.1, 0.15) is 0 Å². The second kappa shape index (κ2) is 5.95. The van der Waals surface area contributed by atoms with Crippen molar-refractivity contribution in [1.29, 1.82) is 0 Å². The van der Waals surface area contributed by atoms with E-state index in [1.54, 1.807) is 0 Å². The second-order valence-corrected chi connectivity index (χ2v) is 5.96. The molecule has 0 aromatic carbocycles. The Labute approximate surface area is 121 Å². The van der Waals surface area contributed by atoms with Crippen molar-refractivity contribution in [2.24, 2.45) is 13.0 Å². The molecule has 1 unspecified atom stereocenters. The predicted octanol–water partition coefficient (Wildman–Crippen LogP) is 1.04. The molecule has 1 amide bonds. The third kappa shape index (κ3) is 2.87. The monoisotopic (exact) mass is 278 g/mol. The molecule has 2 rings (SSSR count). The molecule has 20 heavy (non-hydrogen) atoms. The minimum absolute atomic E-state index is 0.0112. The number of nitrogens with zero attached hydrogens (tertiary/aromatic N) is 3. The predicted molar refractivity (Wildman–Crippen MR) is 79.6 cm³/mol. The number of hydrogen-bond donors (Lipinski definition) is 1. The van der Waals surface area contributed by atoms with Crippen molar-refractivity contribution in [1.82, 2.24) is 20.0 Å². The summed E-state index contributed by atoms with van der Waals surface area (Å²) in [6.07, 6.45) is 0.779. The van der Waals surface area contributed by atoms with Crippen molar-refractivity contribution in [2.45, 2.75) is 40.2 Å². The Morgan fingerprint density at radius 3 is 2.75 bits per heavy atom. The Hall–Kier alpha value is -1.36. The van der Waals surface area contributed by atoms with Crippen molar-refractivity contribution in [3.8, 4) is 0 Å². The largest absolute Gasteiger partial charge is 0.337 e. The maximum Gasteiger partial charge on any atom is 0.226 e. The van der Waals surface area contributed by atoms with Crippen LogP contribution in [0.1, 0.15) is 30.8 Å². The van der Waals surface area contributed by atoms with Crippen molar-refractivity contribution in [3.05, 3.63) is 17.0 Å². The number of carbonyl (C=O) groups excluding carboxylic acids is 1. The fraction of sp³-hybridized carbons (Fsp3) is 0.733. The summed E-state index contributed by atoms with van der Waals surface area (Å²) >= 11 is 0. The fourth-order valence-corrected chi connectivity index (χ4v) is 2.96. The van der Waals surface area contributed by atoms with Gasteiger partial charge >= 0.3 is 0 Å². The number of carbonyl (C=O) groups is 1. The normalized spacial score (nSPS) is 21.1. The summed E-state index contributed by atoms with van der Waals surface area (Å²) in [5.41, 5.74) is 3.42. The van der Waals surface area contributed by atoms with Crippen LogP contribution in [0.15, 0.2) is 0 Å². The van der Waals surface area contributed by atoms with E-state index < -0.39 is 0 Å². The van der Waals surface area contributed by atoms with E-state index in [1.807, 2.05) is 30.5 Å². The van der Waals surface area contributed by atoms with Gasteiger partial charge in [0.25, 0.3) is 0 Å². The molecule has 2 atom stereocenters. The van der Waals surface area contributed by atoms with Gasteiger partial charge in [-0.3, -0.25) is 9.48 Å². The molecule has 1 aromatic rings. The minimum Gasteiger partial charge on any atom is -0.337 e. The summed E-state index contributed by atoms with van der Waals surface area (Å²) in [6.45, 7) is 10.8. The highest BCUT2D eigenvalue weighted by Crippen LogP contribution is 2.19. The standard InChI is InChI=1S/C15H26N4O/c1-10(8-14-12(3)17-18(5)13(14)4)15(20)19-7-6-16-9-11(19)2/h10-11,16H,6-9H2,1-5H3/t10?,11-/m1/s1. The zero-order valence-electron chi connectivity index (χ0n) is 13.2. The Bertz CT molecular complexity index is 494. The zero-order valence-corrected chi connectivity index (χ0v) is 13.2. The molecule has 5 nitrogen and oxygen atoms in total. The molecule has 5 heteroatoms. The molecule has 112 valence electrons. The average Bonchev–Trinajstić information content (AvgIpc) is 2.65. The van der Waals surface area contributed by atoms with Gasteiger partial charge in [-0.25, -0.2) is 0 Å². The lowest BCUT2D eigenvalue weighted by Crippen LogP contribution is -2.53. The maximum atomic E-state index is 12.6. The molecule has 2 heterocycles. The zero-order chi connectivity index (χ0) is 14.9. The molecule has 1 aliphatic heterocycles. The van der Waals surface area contributed by atoms with Gasteiger partial charge in [0.15, 0.2) is 0 Å². The van der Waals surface area contributed by atoms with Gasteiger partial charge in [-0.15, -0.1) is 0 Å². The van der Waals surface area contributed by atoms with Crippen LogP contribution in [0.3, 0.4) is 0 Å². The number of hydrogen-bond acceptors (Lipinski definition) is 3. The Balaban J connectivity index is 2.07. The molecule has 1 saturated heterocycles. The van der Waals surface area contributed by atoms with Crippen LogP contribution < -0.4 is 5.32 Å². The van der Waals surface area contributed by atoms with Gasteiger partial charge in [0.2, 0.25) is 5.91 Å². The van der Waals surface area contributed by atoms with Crippen LogP contribution in [0.5, 0.6) is 0 Å². The maximum absolute atomic E-state index is 12.6. The van der Waals surface area contributed by atoms with E-state index in [2.05, 4.69) is 24.3 Å². The van der Waals surface area contributed by atoms with Gasteiger partial charge in [0.05, 0.1) is 5.69 Å². The second-order valence-electron chi connectivity index (χ2n) is 5.96. The Kier molecular flexibility index (Phi) is 4.48. The lowest BCUT2D eigenvalue weighted by atomic mass is 9.97. The SMILES string of the molecule is Cc1nn(C)c(C)c1CC(C)C(=O)N1CCNC[C@H]1C. The van der Waals surface area contributed by atoms with Crippen molar-refractivity contribution < 1.29 is 4.79 Å². The van der Waals surface area contributed by atoms with Crippen LogP contribution in [-0.4, -0.2) is 46.3 Å². The first-order valence-corrected chi connectivity index (χ1v) is 7.42. The highest BCUT2D eigenvalue weighted by Gasteiger charge is 2.27. The first-order chi connectivity index (χ1) is 9.41. The van der Waals surface area contributed by atoms with Crippen molar-refractivity contribution >= 4 is 5.91 Å². The molecule has 1 N–H and O–H groups in total. The molecule has 1 aromatic heterocycles. The van der Waals surface area contributed by atoms with E-state index in [0.29, 0.717) is 0 Å². The number of aryl methyl sites for hydroxylation is 2. The molecule has 0 aliphatic carbocycles. The lowest BCUT2D eigenvalue weighted by Gasteiger charge is -2.35. The summed E-state index contributed by atoms with van der Waals surface area (Å²) in [4.78, 5) is 14.6. The average molecular weight is 278 g/mol. The van der Waals surface area contributed by atoms with E-state index in [4.69, 9.17) is 0 Å². The van der Waals surface area contributed by atoms with Crippen LogP contribution in [0, 0.1) is 19.8 Å². The van der Waals surface area contributed by atoms with Gasteiger partial charge in [-0.1, -0.05) is 6.92 Å². The lowest BCUT2D eigenvalue weighted by molar-refractivity contribution is -0.137. The summed E-state index contributed by atoms with van der Waals surface area (Å²) in [5.74, 6) is 0.277. The van der Waals surface area contributed by atoms with Gasteiger partial charge in [-0.05, 0) is 32.8 Å². The molecular formula is C15H26N4O.